The van der Waals surface area contributed by atoms with E-state index in [1.165, 1.54) is 5.56 Å². The molecule has 0 saturated carbocycles. The van der Waals surface area contributed by atoms with E-state index in [1.54, 1.807) is 14.0 Å². The largest absolute Gasteiger partial charge is 0.493 e. The van der Waals surface area contributed by atoms with Gasteiger partial charge in [0.2, 0.25) is 11.8 Å². The summed E-state index contributed by atoms with van der Waals surface area (Å²) in [5.41, 5.74) is 2.26. The summed E-state index contributed by atoms with van der Waals surface area (Å²) in [4.78, 5) is 4.15. The molecule has 3 aromatic rings. The standard InChI is InChI=1S/C24H32N4O4/c1-18-25-26-24(32-18)16-28(3)14-20-10-11-22(30-4)23(12-20)31-17-21(29)15-27(2)13-19-8-6-5-7-9-19/h5-12,21,29H,13-17H2,1-4H3/t21-/m1/s1. The lowest BCUT2D eigenvalue weighted by Gasteiger charge is -2.22. The number of methoxy groups -OCH3 is 1. The quantitative estimate of drug-likeness (QED) is 0.460. The summed E-state index contributed by atoms with van der Waals surface area (Å²) in [6.45, 7) is 4.44. The molecule has 0 spiro atoms. The highest BCUT2D eigenvalue weighted by Crippen LogP contribution is 2.29. The maximum atomic E-state index is 10.5. The van der Waals surface area contributed by atoms with Crippen molar-refractivity contribution in [2.45, 2.75) is 32.7 Å². The molecule has 2 aromatic carbocycles. The van der Waals surface area contributed by atoms with Crippen LogP contribution in [-0.4, -0.2) is 65.6 Å². The molecule has 0 aliphatic carbocycles. The van der Waals surface area contributed by atoms with Gasteiger partial charge in [-0.2, -0.15) is 0 Å². The van der Waals surface area contributed by atoms with Gasteiger partial charge in [0, 0.05) is 26.6 Å². The lowest BCUT2D eigenvalue weighted by atomic mass is 10.2. The summed E-state index contributed by atoms with van der Waals surface area (Å²) < 4.78 is 16.8. The summed E-state index contributed by atoms with van der Waals surface area (Å²) in [5, 5.41) is 18.4. The third kappa shape index (κ3) is 7.33. The molecular weight excluding hydrogens is 408 g/mol. The number of ether oxygens (including phenoxy) is 2. The van der Waals surface area contributed by atoms with E-state index in [2.05, 4.69) is 32.1 Å². The second-order valence-corrected chi connectivity index (χ2v) is 8.02. The minimum atomic E-state index is -0.625. The predicted molar refractivity (Wildman–Crippen MR) is 121 cm³/mol. The van der Waals surface area contributed by atoms with Crippen LogP contribution in [0.1, 0.15) is 22.9 Å². The van der Waals surface area contributed by atoms with E-state index in [9.17, 15) is 5.11 Å². The Hall–Kier alpha value is -2.94. The van der Waals surface area contributed by atoms with Crippen LogP contribution in [0.5, 0.6) is 11.5 Å². The van der Waals surface area contributed by atoms with E-state index in [0.717, 1.165) is 12.1 Å². The van der Waals surface area contributed by atoms with Crippen LogP contribution in [-0.2, 0) is 19.6 Å². The molecule has 0 bridgehead atoms. The molecular formula is C24H32N4O4. The second-order valence-electron chi connectivity index (χ2n) is 8.02. The zero-order valence-electron chi connectivity index (χ0n) is 19.2. The molecule has 172 valence electrons. The SMILES string of the molecule is COc1ccc(CN(C)Cc2nnc(C)o2)cc1OC[C@H](O)CN(C)Cc1ccccc1. The Morgan fingerprint density at radius 3 is 2.38 bits per heavy atom. The molecule has 0 aliphatic rings. The first-order chi connectivity index (χ1) is 15.4. The van der Waals surface area contributed by atoms with Crippen LogP contribution >= 0.6 is 0 Å². The monoisotopic (exact) mass is 440 g/mol. The van der Waals surface area contributed by atoms with Gasteiger partial charge in [0.25, 0.3) is 0 Å². The number of likely N-dealkylation sites (N-methyl/N-ethyl adjacent to an activating group) is 1. The molecule has 0 amide bonds. The van der Waals surface area contributed by atoms with Crippen molar-refractivity contribution in [3.63, 3.8) is 0 Å². The van der Waals surface area contributed by atoms with Crippen molar-refractivity contribution >= 4 is 0 Å². The van der Waals surface area contributed by atoms with Gasteiger partial charge in [-0.05, 0) is 37.4 Å². The Kier molecular flexibility index (Phi) is 8.61. The van der Waals surface area contributed by atoms with E-state index in [-0.39, 0.29) is 6.61 Å². The fourth-order valence-electron chi connectivity index (χ4n) is 3.49. The summed E-state index contributed by atoms with van der Waals surface area (Å²) in [5.74, 6) is 2.38. The van der Waals surface area contributed by atoms with Crippen LogP contribution in [0, 0.1) is 6.92 Å². The zero-order valence-corrected chi connectivity index (χ0v) is 19.2. The van der Waals surface area contributed by atoms with E-state index < -0.39 is 6.10 Å². The average Bonchev–Trinajstić information content (AvgIpc) is 3.17. The third-order valence-corrected chi connectivity index (χ3v) is 4.90. The van der Waals surface area contributed by atoms with Crippen molar-refractivity contribution in [3.05, 3.63) is 71.4 Å². The smallest absolute Gasteiger partial charge is 0.230 e. The highest BCUT2D eigenvalue weighted by Gasteiger charge is 2.14. The van der Waals surface area contributed by atoms with Crippen molar-refractivity contribution in [1.29, 1.82) is 0 Å². The van der Waals surface area contributed by atoms with Crippen molar-refractivity contribution in [2.75, 3.05) is 34.4 Å². The lowest BCUT2D eigenvalue weighted by molar-refractivity contribution is 0.0732. The van der Waals surface area contributed by atoms with Gasteiger partial charge >= 0.3 is 0 Å². The second kappa shape index (κ2) is 11.6. The Labute approximate surface area is 189 Å². The Balaban J connectivity index is 1.53. The van der Waals surface area contributed by atoms with Crippen LogP contribution in [0.3, 0.4) is 0 Å². The summed E-state index contributed by atoms with van der Waals surface area (Å²) >= 11 is 0. The molecule has 8 nitrogen and oxygen atoms in total. The Bertz CT molecular complexity index is 964. The maximum Gasteiger partial charge on any atom is 0.230 e. The fraction of sp³-hybridized carbons (Fsp3) is 0.417. The minimum Gasteiger partial charge on any atom is -0.493 e. The molecule has 8 heteroatoms. The number of nitrogens with zero attached hydrogens (tertiary/aromatic N) is 4. The van der Waals surface area contributed by atoms with Crippen LogP contribution in [0.4, 0.5) is 0 Å². The topological polar surface area (TPSA) is 84.1 Å². The van der Waals surface area contributed by atoms with Gasteiger partial charge in [-0.1, -0.05) is 36.4 Å². The first kappa shape index (κ1) is 23.7. The van der Waals surface area contributed by atoms with Gasteiger partial charge in [-0.25, -0.2) is 0 Å². The van der Waals surface area contributed by atoms with Crippen LogP contribution in [0.15, 0.2) is 52.9 Å². The van der Waals surface area contributed by atoms with E-state index in [0.29, 0.717) is 42.9 Å². The molecule has 1 aromatic heterocycles. The normalized spacial score (nSPS) is 12.3. The molecule has 0 aliphatic heterocycles. The number of aryl methyl sites for hydroxylation is 1. The molecule has 1 atom stereocenters. The number of aliphatic hydroxyl groups is 1. The summed E-state index contributed by atoms with van der Waals surface area (Å²) in [6.07, 6.45) is -0.625. The van der Waals surface area contributed by atoms with Gasteiger partial charge in [0.05, 0.1) is 13.7 Å². The molecule has 1 heterocycles. The average molecular weight is 441 g/mol. The minimum absolute atomic E-state index is 0.177. The number of benzene rings is 2. The molecule has 3 rings (SSSR count). The highest BCUT2D eigenvalue weighted by atomic mass is 16.5. The molecule has 32 heavy (non-hydrogen) atoms. The van der Waals surface area contributed by atoms with E-state index in [1.807, 2.05) is 50.5 Å². The first-order valence-electron chi connectivity index (χ1n) is 10.6. The first-order valence-corrected chi connectivity index (χ1v) is 10.6. The Morgan fingerprint density at radius 2 is 1.69 bits per heavy atom. The summed E-state index contributed by atoms with van der Waals surface area (Å²) in [7, 11) is 5.57. The molecule has 0 fully saturated rings. The van der Waals surface area contributed by atoms with Gasteiger partial charge in [-0.15, -0.1) is 10.2 Å². The van der Waals surface area contributed by atoms with Crippen LogP contribution < -0.4 is 9.47 Å². The summed E-state index contributed by atoms with van der Waals surface area (Å²) in [6, 6.07) is 16.0. The number of aromatic nitrogens is 2. The fourth-order valence-corrected chi connectivity index (χ4v) is 3.49. The van der Waals surface area contributed by atoms with Gasteiger partial charge < -0.3 is 19.0 Å². The van der Waals surface area contributed by atoms with Gasteiger partial charge in [-0.3, -0.25) is 9.80 Å². The van der Waals surface area contributed by atoms with E-state index in [4.69, 9.17) is 13.9 Å². The van der Waals surface area contributed by atoms with Crippen molar-refractivity contribution in [1.82, 2.24) is 20.0 Å². The Morgan fingerprint density at radius 1 is 0.938 bits per heavy atom. The molecule has 0 unspecified atom stereocenters. The van der Waals surface area contributed by atoms with E-state index >= 15 is 0 Å². The molecule has 0 saturated heterocycles. The lowest BCUT2D eigenvalue weighted by Crippen LogP contribution is -2.32. The van der Waals surface area contributed by atoms with Crippen LogP contribution in [0.2, 0.25) is 0 Å². The number of hydrogen-bond donors (Lipinski definition) is 1. The molecule has 0 radical (unpaired) electrons. The number of aliphatic hydroxyl groups excluding tert-OH is 1. The van der Waals surface area contributed by atoms with Crippen LogP contribution in [0.25, 0.3) is 0 Å². The maximum absolute atomic E-state index is 10.5. The number of rotatable bonds is 12. The third-order valence-electron chi connectivity index (χ3n) is 4.90. The van der Waals surface area contributed by atoms with Gasteiger partial charge in [0.15, 0.2) is 11.5 Å². The predicted octanol–water partition coefficient (Wildman–Crippen LogP) is 2.89. The number of hydrogen-bond acceptors (Lipinski definition) is 8. The van der Waals surface area contributed by atoms with Crippen molar-refractivity contribution in [3.8, 4) is 11.5 Å². The highest BCUT2D eigenvalue weighted by molar-refractivity contribution is 5.43. The molecule has 1 N–H and O–H groups in total. The van der Waals surface area contributed by atoms with Crippen molar-refractivity contribution in [2.24, 2.45) is 0 Å². The van der Waals surface area contributed by atoms with Gasteiger partial charge in [0.1, 0.15) is 12.7 Å². The van der Waals surface area contributed by atoms with Crippen molar-refractivity contribution < 1.29 is 19.0 Å². The zero-order chi connectivity index (χ0) is 22.9.